The standard InChI is InChI=1S/C84H132N12O14S2/c1-15-56(9)74(65(108-13)50-69(98)95-47-32-38-64(95)75(109-14)57(10)76(100)90-63(80-86-45-48-111-80)49-58-33-25-23-26-34-58)93(11)82(105)72(54(5)6)92-79(103)73(55(7)8)94(12)84(107)110-52-59-40-42-61(43-41-59)88-77(101)62(37-31-44-87-83(85)106)89-78(102)71(53(3)4)91-68(97)39-29-24-30-46-96-70(99)51-67(81(96)104)112-66(16-2)60-35-27-21-19-17-18-20-22-28-36-60/h23,25-26,33-34,40-43,45,48,53-57,60,62-67,71-75H,15-22,24,27-32,35-39,44,46-47,49-52H2,1-14H3,(H,88,101)(H,89,102)(H,90,100)(H,91,97)(H,92,103)(H3,85,87,106)/t56-,57+,62-,63-,64-,65+,66?,67?,71-,72-,73-,74-,75+/m0/s1. The fourth-order valence-electron chi connectivity index (χ4n) is 15.9. The Kier molecular flexibility index (Phi) is 39.8. The second-order valence-corrected chi connectivity index (χ2v) is 34.3. The van der Waals surface area contributed by atoms with Crippen LogP contribution in [0.25, 0.3) is 0 Å². The Morgan fingerprint density at radius 1 is 0.688 bits per heavy atom. The van der Waals surface area contributed by atoms with E-state index in [9.17, 15) is 52.7 Å². The van der Waals surface area contributed by atoms with Crippen LogP contribution < -0.4 is 37.6 Å². The molecule has 3 aliphatic rings. The first-order valence-corrected chi connectivity index (χ1v) is 42.9. The molecule has 3 fully saturated rings. The molecule has 2 saturated heterocycles. The van der Waals surface area contributed by atoms with Crippen LogP contribution in [-0.4, -0.2) is 197 Å². The van der Waals surface area contributed by atoms with Crippen LogP contribution in [0.15, 0.2) is 66.2 Å². The lowest BCUT2D eigenvalue weighted by atomic mass is 9.89. The fourth-order valence-corrected chi connectivity index (χ4v) is 18.2. The number of carbonyl (C=O) groups is 11. The summed E-state index contributed by atoms with van der Waals surface area (Å²) >= 11 is 3.18. The highest BCUT2D eigenvalue weighted by molar-refractivity contribution is 8.01. The first kappa shape index (κ1) is 93.2. The number of nitrogens with one attached hydrogen (secondary N) is 6. The van der Waals surface area contributed by atoms with E-state index >= 15 is 0 Å². The number of anilines is 1. The molecular weight excluding hydrogens is 1470 g/mol. The van der Waals surface area contributed by atoms with E-state index in [-0.39, 0.29) is 97.9 Å². The number of nitrogens with two attached hydrogens (primary N) is 1. The van der Waals surface area contributed by atoms with Gasteiger partial charge in [0.2, 0.25) is 53.2 Å². The minimum Gasteiger partial charge on any atom is -0.445 e. The van der Waals surface area contributed by atoms with E-state index in [1.54, 1.807) is 93.9 Å². The summed E-state index contributed by atoms with van der Waals surface area (Å²) in [6.07, 6.45) is 17.6. The van der Waals surface area contributed by atoms with Crippen molar-refractivity contribution in [1.82, 2.24) is 51.2 Å². The maximum absolute atomic E-state index is 14.9. The number of likely N-dealkylation sites (tertiary alicyclic amines) is 2. The molecule has 1 aromatic heterocycles. The molecule has 0 spiro atoms. The van der Waals surface area contributed by atoms with Crippen molar-refractivity contribution in [3.63, 3.8) is 0 Å². The van der Waals surface area contributed by atoms with Gasteiger partial charge in [0.05, 0.1) is 47.9 Å². The van der Waals surface area contributed by atoms with Crippen molar-refractivity contribution in [2.45, 2.75) is 289 Å². The molecule has 1 aliphatic carbocycles. The van der Waals surface area contributed by atoms with Crippen molar-refractivity contribution in [3.05, 3.63) is 82.3 Å². The van der Waals surface area contributed by atoms with Gasteiger partial charge in [0.15, 0.2) is 0 Å². The van der Waals surface area contributed by atoms with Crippen LogP contribution in [0, 0.1) is 35.5 Å². The van der Waals surface area contributed by atoms with Crippen LogP contribution in [0.4, 0.5) is 15.3 Å². The number of unbranched alkanes of at least 4 members (excludes halogenated alkanes) is 2. The summed E-state index contributed by atoms with van der Waals surface area (Å²) in [6, 6.07) is 9.95. The van der Waals surface area contributed by atoms with Gasteiger partial charge in [0.25, 0.3) is 0 Å². The number of methoxy groups -OCH3 is 2. The molecule has 2 aromatic carbocycles. The van der Waals surface area contributed by atoms with E-state index in [0.717, 1.165) is 17.0 Å². The third kappa shape index (κ3) is 28.4. The van der Waals surface area contributed by atoms with Gasteiger partial charge in [-0.15, -0.1) is 23.1 Å². The Bertz CT molecular complexity index is 3450. The molecule has 0 bridgehead atoms. The second kappa shape index (κ2) is 47.9. The number of nitrogens with zero attached hydrogens (tertiary/aromatic N) is 5. The van der Waals surface area contributed by atoms with Crippen LogP contribution in [0.5, 0.6) is 0 Å². The van der Waals surface area contributed by atoms with Crippen molar-refractivity contribution >= 4 is 94.1 Å². The highest BCUT2D eigenvalue weighted by Gasteiger charge is 2.45. The summed E-state index contributed by atoms with van der Waals surface area (Å²) in [5.74, 6) is -4.70. The largest absolute Gasteiger partial charge is 0.445 e. The molecule has 2 aliphatic heterocycles. The summed E-state index contributed by atoms with van der Waals surface area (Å²) in [5, 5.41) is 19.8. The summed E-state index contributed by atoms with van der Waals surface area (Å²) in [4.78, 5) is 163. The zero-order valence-corrected chi connectivity index (χ0v) is 70.7. The molecule has 3 heterocycles. The van der Waals surface area contributed by atoms with Crippen LogP contribution in [0.2, 0.25) is 0 Å². The number of ether oxygens (including phenoxy) is 3. The van der Waals surface area contributed by atoms with E-state index in [2.05, 4.69) is 43.8 Å². The molecule has 13 atom stereocenters. The Hall–Kier alpha value is -7.69. The number of hydrogen-bond donors (Lipinski definition) is 7. The first-order chi connectivity index (χ1) is 53.5. The van der Waals surface area contributed by atoms with Crippen molar-refractivity contribution in [2.75, 3.05) is 53.3 Å². The monoisotopic (exact) mass is 1600 g/mol. The lowest BCUT2D eigenvalue weighted by Gasteiger charge is -2.41. The molecule has 6 rings (SSSR count). The van der Waals surface area contributed by atoms with Gasteiger partial charge in [0, 0.05) is 83.3 Å². The van der Waals surface area contributed by atoms with Crippen LogP contribution in [-0.2, 0) is 70.4 Å². The van der Waals surface area contributed by atoms with Crippen LogP contribution >= 0.6 is 23.1 Å². The topological polar surface area (TPSA) is 340 Å². The van der Waals surface area contributed by atoms with Gasteiger partial charge in [-0.2, -0.15) is 0 Å². The number of carbonyl (C=O) groups excluding carboxylic acids is 11. The third-order valence-corrected chi connectivity index (χ3v) is 25.2. The number of thiazole rings is 1. The number of urea groups is 1. The zero-order chi connectivity index (χ0) is 82.1. The smallest absolute Gasteiger partial charge is 0.410 e. The SMILES string of the molecule is CCC(SC1CC(=O)N(CCCCCC(=O)N[C@H](C(=O)N[C@@H](CCCNC(N)=O)C(=O)Nc2ccc(COC(=O)N(C)[C@H](C(=O)N[C@H](C(=O)N(C)[C@@H]([C@@H](C)CC)[C@@H](CC(=O)N3CCC[C@H]3[C@H](OC)[C@@H](C)C(=O)N[C@@H](Cc3ccccc3)c3nccs3)OC)C(C)C)C(C)C)cc2)C(C)C)C1=O)C1CCCCCCCCCC1. The van der Waals surface area contributed by atoms with Crippen LogP contribution in [0.3, 0.4) is 0 Å². The fraction of sp³-hybridized carbons (Fsp3) is 0.690. The van der Waals surface area contributed by atoms with Crippen molar-refractivity contribution in [2.24, 2.45) is 41.2 Å². The van der Waals surface area contributed by atoms with Gasteiger partial charge in [-0.1, -0.05) is 176 Å². The normalized spacial score (nSPS) is 18.9. The number of rotatable bonds is 43. The summed E-state index contributed by atoms with van der Waals surface area (Å²) in [5.41, 5.74) is 7.25. The zero-order valence-electron chi connectivity index (χ0n) is 69.1. The molecule has 3 aromatic rings. The summed E-state index contributed by atoms with van der Waals surface area (Å²) in [7, 11) is 6.19. The number of likely N-dealkylation sites (N-methyl/N-ethyl adjacent to an activating group) is 2. The van der Waals surface area contributed by atoms with E-state index in [4.69, 9.17) is 19.9 Å². The number of imide groups is 1. The Balaban J connectivity index is 0.998. The molecule has 1 saturated carbocycles. The van der Waals surface area contributed by atoms with Gasteiger partial charge in [-0.3, -0.25) is 53.0 Å². The van der Waals surface area contributed by atoms with E-state index in [0.29, 0.717) is 80.5 Å². The van der Waals surface area contributed by atoms with Gasteiger partial charge >= 0.3 is 12.1 Å². The van der Waals surface area contributed by atoms with Gasteiger partial charge < -0.3 is 61.6 Å². The number of primary amides is 1. The molecule has 28 heteroatoms. The average molecular weight is 1600 g/mol. The average Bonchev–Trinajstić information content (AvgIpc) is 1.28. The number of aromatic nitrogens is 1. The van der Waals surface area contributed by atoms with Gasteiger partial charge in [0.1, 0.15) is 35.8 Å². The third-order valence-electron chi connectivity index (χ3n) is 22.5. The number of benzene rings is 2. The molecule has 2 unspecified atom stereocenters. The number of thioether (sulfide) groups is 1. The van der Waals surface area contributed by atoms with Crippen LogP contribution in [0.1, 0.15) is 233 Å². The Morgan fingerprint density at radius 3 is 1.94 bits per heavy atom. The maximum Gasteiger partial charge on any atom is 0.410 e. The number of hydrogen-bond acceptors (Lipinski definition) is 17. The Labute approximate surface area is 673 Å². The van der Waals surface area contributed by atoms with Gasteiger partial charge in [-0.25, -0.2) is 14.6 Å². The first-order valence-electron chi connectivity index (χ1n) is 41.1. The molecule has 26 nitrogen and oxygen atoms in total. The van der Waals surface area contributed by atoms with E-state index in [1.165, 1.54) is 99.5 Å². The highest BCUT2D eigenvalue weighted by Crippen LogP contribution is 2.39. The minimum absolute atomic E-state index is 0.0750. The second-order valence-electron chi connectivity index (χ2n) is 31.9. The van der Waals surface area contributed by atoms with E-state index in [1.807, 2.05) is 70.3 Å². The lowest BCUT2D eigenvalue weighted by Crippen LogP contribution is -2.60. The molecule has 8 N–H and O–H groups in total. The predicted octanol–water partition coefficient (Wildman–Crippen LogP) is 11.6. The predicted molar refractivity (Wildman–Crippen MR) is 438 cm³/mol. The quantitative estimate of drug-likeness (QED) is 0.0204. The molecular formula is C84H132N12O14S2. The molecule has 0 radical (unpaired) electrons. The molecule has 624 valence electrons. The molecule has 112 heavy (non-hydrogen) atoms. The Morgan fingerprint density at radius 2 is 1.35 bits per heavy atom. The number of amides is 12. The van der Waals surface area contributed by atoms with Crippen molar-refractivity contribution in [3.8, 4) is 0 Å². The van der Waals surface area contributed by atoms with Crippen molar-refractivity contribution < 1.29 is 67.0 Å². The minimum atomic E-state index is -1.12. The van der Waals surface area contributed by atoms with E-state index < -0.39 is 102 Å². The summed E-state index contributed by atoms with van der Waals surface area (Å²) in [6.45, 7) is 19.4. The van der Waals surface area contributed by atoms with Gasteiger partial charge in [-0.05, 0) is 117 Å². The van der Waals surface area contributed by atoms with Crippen molar-refractivity contribution in [1.29, 1.82) is 0 Å². The summed E-state index contributed by atoms with van der Waals surface area (Å²) < 4.78 is 18.0. The highest BCUT2D eigenvalue weighted by atomic mass is 32.2. The maximum atomic E-state index is 14.9. The molecule has 12 amide bonds. The lowest BCUT2D eigenvalue weighted by molar-refractivity contribution is -0.148.